The quantitative estimate of drug-likeness (QED) is 0.404. The van der Waals surface area contributed by atoms with Gasteiger partial charge < -0.3 is 20.0 Å². The molecule has 0 aromatic carbocycles. The first-order chi connectivity index (χ1) is 14.5. The van der Waals surface area contributed by atoms with E-state index in [0.717, 1.165) is 39.1 Å². The molecule has 10 nitrogen and oxygen atoms in total. The molecule has 0 aliphatic rings. The molecule has 30 heavy (non-hydrogen) atoms. The van der Waals surface area contributed by atoms with Crippen LogP contribution < -0.4 is 10.6 Å². The second-order valence-electron chi connectivity index (χ2n) is 7.41. The summed E-state index contributed by atoms with van der Waals surface area (Å²) in [5, 5.41) is 19.9. The zero-order valence-electron chi connectivity index (χ0n) is 17.1. The number of aryl methyl sites for hydroxylation is 1. The number of anilines is 3. The Kier molecular flexibility index (Phi) is 4.12. The Morgan fingerprint density at radius 3 is 2.80 bits per heavy atom. The SMILES string of the molecule is CNc1nnc(-c2cn3ncnc(Nc4cnc5[nH]c(C)cc5c4)c3c2C(C)C)o1. The molecule has 0 bridgehead atoms. The smallest absolute Gasteiger partial charge is 0.315 e. The molecule has 0 saturated carbocycles. The molecule has 0 saturated heterocycles. The van der Waals surface area contributed by atoms with Crippen LogP contribution in [0.5, 0.6) is 0 Å². The predicted octanol–water partition coefficient (Wildman–Crippen LogP) is 3.87. The van der Waals surface area contributed by atoms with Gasteiger partial charge in [-0.1, -0.05) is 18.9 Å². The van der Waals surface area contributed by atoms with Crippen molar-refractivity contribution in [3.63, 3.8) is 0 Å². The van der Waals surface area contributed by atoms with Gasteiger partial charge in [0.2, 0.25) is 0 Å². The highest BCUT2D eigenvalue weighted by atomic mass is 16.4. The van der Waals surface area contributed by atoms with Gasteiger partial charge in [0.25, 0.3) is 5.89 Å². The fourth-order valence-electron chi connectivity index (χ4n) is 3.67. The lowest BCUT2D eigenvalue weighted by atomic mass is 10.00. The van der Waals surface area contributed by atoms with Crippen LogP contribution in [0.3, 0.4) is 0 Å². The van der Waals surface area contributed by atoms with E-state index < -0.39 is 0 Å². The predicted molar refractivity (Wildman–Crippen MR) is 114 cm³/mol. The van der Waals surface area contributed by atoms with Crippen molar-refractivity contribution in [2.24, 2.45) is 0 Å². The van der Waals surface area contributed by atoms with Crippen LogP contribution in [-0.2, 0) is 0 Å². The summed E-state index contributed by atoms with van der Waals surface area (Å²) >= 11 is 0. The number of H-pyrrole nitrogens is 1. The molecule has 0 atom stereocenters. The first-order valence-electron chi connectivity index (χ1n) is 9.63. The molecule has 0 spiro atoms. The van der Waals surface area contributed by atoms with Gasteiger partial charge in [-0.25, -0.2) is 14.5 Å². The lowest BCUT2D eigenvalue weighted by molar-refractivity contribution is 0.584. The van der Waals surface area contributed by atoms with Gasteiger partial charge in [-0.2, -0.15) is 5.10 Å². The minimum absolute atomic E-state index is 0.175. The summed E-state index contributed by atoms with van der Waals surface area (Å²) in [6, 6.07) is 4.47. The van der Waals surface area contributed by atoms with Crippen LogP contribution in [0.25, 0.3) is 28.0 Å². The number of pyridine rings is 1. The third-order valence-corrected chi connectivity index (χ3v) is 4.93. The fraction of sp³-hybridized carbons (Fsp3) is 0.250. The molecule has 0 aliphatic carbocycles. The fourth-order valence-corrected chi connectivity index (χ4v) is 3.67. The average Bonchev–Trinajstić information content (AvgIpc) is 3.43. The van der Waals surface area contributed by atoms with Crippen molar-refractivity contribution >= 4 is 34.1 Å². The van der Waals surface area contributed by atoms with Gasteiger partial charge in [-0.15, -0.1) is 5.10 Å². The molecular weight excluding hydrogens is 382 g/mol. The number of fused-ring (bicyclic) bond motifs is 2. The standard InChI is InChI=1S/C20H21N9O/c1-10(2)15-14(19-27-28-20(21-4)30-19)8-29-16(15)18(23-9-24-29)26-13-6-12-5-11(3)25-17(12)22-7-13/h5-10H,1-4H3,(H,21,28)(H,22,25)(H,23,24,26). The van der Waals surface area contributed by atoms with Gasteiger partial charge in [0, 0.05) is 24.3 Å². The highest BCUT2D eigenvalue weighted by Gasteiger charge is 2.23. The largest absolute Gasteiger partial charge is 0.403 e. The van der Waals surface area contributed by atoms with Crippen molar-refractivity contribution in [2.45, 2.75) is 26.7 Å². The zero-order valence-corrected chi connectivity index (χ0v) is 17.1. The molecule has 0 amide bonds. The van der Waals surface area contributed by atoms with E-state index in [1.54, 1.807) is 17.8 Å². The van der Waals surface area contributed by atoms with E-state index in [9.17, 15) is 0 Å². The second-order valence-corrected chi connectivity index (χ2v) is 7.41. The number of aromatic nitrogens is 7. The summed E-state index contributed by atoms with van der Waals surface area (Å²) in [6.45, 7) is 6.24. The molecule has 3 N–H and O–H groups in total. The van der Waals surface area contributed by atoms with Crippen LogP contribution in [-0.4, -0.2) is 41.8 Å². The van der Waals surface area contributed by atoms with Crippen molar-refractivity contribution in [3.8, 4) is 11.5 Å². The van der Waals surface area contributed by atoms with Crippen molar-refractivity contribution in [3.05, 3.63) is 42.1 Å². The molecule has 0 radical (unpaired) electrons. The van der Waals surface area contributed by atoms with Crippen LogP contribution in [0.15, 0.2) is 35.3 Å². The summed E-state index contributed by atoms with van der Waals surface area (Å²) in [7, 11) is 1.74. The molecule has 5 rings (SSSR count). The summed E-state index contributed by atoms with van der Waals surface area (Å²) < 4.78 is 7.51. The third-order valence-electron chi connectivity index (χ3n) is 4.93. The van der Waals surface area contributed by atoms with Crippen molar-refractivity contribution in [1.29, 1.82) is 0 Å². The van der Waals surface area contributed by atoms with Crippen LogP contribution in [0.2, 0.25) is 0 Å². The highest BCUT2D eigenvalue weighted by molar-refractivity contribution is 5.86. The Morgan fingerprint density at radius 2 is 2.03 bits per heavy atom. The zero-order chi connectivity index (χ0) is 20.8. The summed E-state index contributed by atoms with van der Waals surface area (Å²) in [6.07, 6.45) is 5.19. The van der Waals surface area contributed by atoms with E-state index >= 15 is 0 Å². The van der Waals surface area contributed by atoms with E-state index in [0.29, 0.717) is 17.7 Å². The van der Waals surface area contributed by atoms with Crippen molar-refractivity contribution in [2.75, 3.05) is 17.7 Å². The number of rotatable bonds is 5. The number of nitrogens with zero attached hydrogens (tertiary/aromatic N) is 6. The van der Waals surface area contributed by atoms with E-state index in [1.807, 2.05) is 19.2 Å². The molecule has 152 valence electrons. The number of hydrogen-bond acceptors (Lipinski definition) is 8. The van der Waals surface area contributed by atoms with Gasteiger partial charge in [-0.05, 0) is 30.5 Å². The Labute approximate surface area is 171 Å². The Hall–Kier alpha value is -3.95. The lowest BCUT2D eigenvalue weighted by Gasteiger charge is -2.11. The Bertz CT molecular complexity index is 1360. The van der Waals surface area contributed by atoms with Crippen molar-refractivity contribution < 1.29 is 4.42 Å². The normalized spacial score (nSPS) is 11.6. The average molecular weight is 403 g/mol. The molecule has 5 aromatic heterocycles. The molecule has 0 aliphatic heterocycles. The molecule has 5 heterocycles. The monoisotopic (exact) mass is 403 g/mol. The van der Waals surface area contributed by atoms with E-state index in [2.05, 4.69) is 60.8 Å². The van der Waals surface area contributed by atoms with Crippen LogP contribution in [0.1, 0.15) is 31.0 Å². The minimum Gasteiger partial charge on any atom is -0.403 e. The maximum atomic E-state index is 5.72. The van der Waals surface area contributed by atoms with Crippen LogP contribution in [0, 0.1) is 6.92 Å². The molecular formula is C20H21N9O. The molecule has 10 heteroatoms. The van der Waals surface area contributed by atoms with Crippen LogP contribution >= 0.6 is 0 Å². The van der Waals surface area contributed by atoms with E-state index in [1.165, 1.54) is 6.33 Å². The first kappa shape index (κ1) is 18.1. The Balaban J connectivity index is 1.64. The molecule has 0 unspecified atom stereocenters. The summed E-state index contributed by atoms with van der Waals surface area (Å²) in [5.74, 6) is 1.29. The van der Waals surface area contributed by atoms with Crippen molar-refractivity contribution in [1.82, 2.24) is 34.8 Å². The topological polar surface area (TPSA) is 122 Å². The second kappa shape index (κ2) is 6.83. The number of nitrogens with one attached hydrogen (secondary N) is 3. The third kappa shape index (κ3) is 2.93. The molecule has 5 aromatic rings. The lowest BCUT2D eigenvalue weighted by Crippen LogP contribution is -2.02. The summed E-state index contributed by atoms with van der Waals surface area (Å²) in [4.78, 5) is 12.2. The van der Waals surface area contributed by atoms with E-state index in [4.69, 9.17) is 4.42 Å². The van der Waals surface area contributed by atoms with Gasteiger partial charge in [-0.3, -0.25) is 0 Å². The van der Waals surface area contributed by atoms with Gasteiger partial charge >= 0.3 is 6.01 Å². The van der Waals surface area contributed by atoms with E-state index in [-0.39, 0.29) is 5.92 Å². The Morgan fingerprint density at radius 1 is 1.17 bits per heavy atom. The maximum Gasteiger partial charge on any atom is 0.315 e. The highest BCUT2D eigenvalue weighted by Crippen LogP contribution is 2.37. The number of hydrogen-bond donors (Lipinski definition) is 3. The number of aromatic amines is 1. The summed E-state index contributed by atoms with van der Waals surface area (Å²) in [5.41, 5.74) is 5.48. The first-order valence-corrected chi connectivity index (χ1v) is 9.63. The van der Waals surface area contributed by atoms with Gasteiger partial charge in [0.05, 0.1) is 17.4 Å². The molecule has 0 fully saturated rings. The van der Waals surface area contributed by atoms with Crippen LogP contribution in [0.4, 0.5) is 17.5 Å². The minimum atomic E-state index is 0.175. The van der Waals surface area contributed by atoms with Gasteiger partial charge in [0.15, 0.2) is 5.82 Å². The van der Waals surface area contributed by atoms with Gasteiger partial charge in [0.1, 0.15) is 17.5 Å². The maximum absolute atomic E-state index is 5.72.